The molecule has 0 spiro atoms. The standard InChI is InChI=1S/C25H19FN2O/c26-23-7-2-1-6-20(23)22-14-24(16-4-3-5-18(29)13-16)28-25-19-11-9-17(27)12-15(19)8-10-21(22)25/h1-7,9,11-14,29H,8,10,27H2. The van der Waals surface area contributed by atoms with Gasteiger partial charge in [0.15, 0.2) is 0 Å². The third-order valence-corrected chi connectivity index (χ3v) is 5.46. The van der Waals surface area contributed by atoms with E-state index >= 15 is 0 Å². The van der Waals surface area contributed by atoms with Crippen molar-refractivity contribution in [3.63, 3.8) is 0 Å². The molecule has 0 radical (unpaired) electrons. The van der Waals surface area contributed by atoms with Gasteiger partial charge in [-0.15, -0.1) is 0 Å². The molecule has 5 rings (SSSR count). The van der Waals surface area contributed by atoms with Gasteiger partial charge in [-0.3, -0.25) is 0 Å². The molecule has 4 aromatic rings. The zero-order chi connectivity index (χ0) is 20.0. The highest BCUT2D eigenvalue weighted by Gasteiger charge is 2.23. The summed E-state index contributed by atoms with van der Waals surface area (Å²) in [6, 6.07) is 21.6. The Hall–Kier alpha value is -3.66. The number of nitrogens with zero attached hydrogens (tertiary/aromatic N) is 1. The number of hydrogen-bond donors (Lipinski definition) is 2. The molecular weight excluding hydrogens is 363 g/mol. The molecule has 0 aliphatic heterocycles. The van der Waals surface area contributed by atoms with E-state index < -0.39 is 0 Å². The minimum Gasteiger partial charge on any atom is -0.508 e. The first-order valence-electron chi connectivity index (χ1n) is 9.57. The highest BCUT2D eigenvalue weighted by molar-refractivity contribution is 5.84. The lowest BCUT2D eigenvalue weighted by molar-refractivity contribution is 0.475. The number of nitrogens with two attached hydrogens (primary N) is 1. The number of phenolic OH excluding ortho intramolecular Hbond substituents is 1. The maximum atomic E-state index is 14.7. The minimum absolute atomic E-state index is 0.169. The van der Waals surface area contributed by atoms with Crippen LogP contribution in [0.2, 0.25) is 0 Å². The minimum atomic E-state index is -0.258. The first-order chi connectivity index (χ1) is 14.1. The third kappa shape index (κ3) is 3.03. The molecule has 0 saturated carbocycles. The average molecular weight is 382 g/mol. The van der Waals surface area contributed by atoms with Crippen LogP contribution in [-0.4, -0.2) is 10.1 Å². The zero-order valence-electron chi connectivity index (χ0n) is 15.7. The molecule has 4 heteroatoms. The van der Waals surface area contributed by atoms with Crippen molar-refractivity contribution in [2.45, 2.75) is 12.8 Å². The normalized spacial score (nSPS) is 12.3. The molecule has 1 aliphatic carbocycles. The van der Waals surface area contributed by atoms with E-state index in [-0.39, 0.29) is 11.6 Å². The van der Waals surface area contributed by atoms with Crippen molar-refractivity contribution in [1.29, 1.82) is 0 Å². The number of halogens is 1. The van der Waals surface area contributed by atoms with E-state index in [9.17, 15) is 9.50 Å². The fourth-order valence-electron chi connectivity index (χ4n) is 4.09. The van der Waals surface area contributed by atoms with E-state index in [1.54, 1.807) is 30.3 Å². The fraction of sp³-hybridized carbons (Fsp3) is 0.0800. The predicted molar refractivity (Wildman–Crippen MR) is 114 cm³/mol. The Morgan fingerprint density at radius 2 is 1.69 bits per heavy atom. The number of aromatic nitrogens is 1. The van der Waals surface area contributed by atoms with Crippen molar-refractivity contribution in [2.24, 2.45) is 0 Å². The summed E-state index contributed by atoms with van der Waals surface area (Å²) in [4.78, 5) is 4.94. The summed E-state index contributed by atoms with van der Waals surface area (Å²) in [5, 5.41) is 9.93. The van der Waals surface area contributed by atoms with E-state index in [2.05, 4.69) is 0 Å². The Morgan fingerprint density at radius 3 is 2.52 bits per heavy atom. The van der Waals surface area contributed by atoms with Crippen LogP contribution in [0.15, 0.2) is 72.8 Å². The average Bonchev–Trinajstić information content (AvgIpc) is 2.73. The number of benzene rings is 3. The molecule has 0 unspecified atom stereocenters. The molecule has 3 nitrogen and oxygen atoms in total. The molecule has 0 fully saturated rings. The quantitative estimate of drug-likeness (QED) is 0.443. The summed E-state index contributed by atoms with van der Waals surface area (Å²) < 4.78 is 14.7. The van der Waals surface area contributed by atoms with E-state index in [0.717, 1.165) is 52.0 Å². The van der Waals surface area contributed by atoms with Crippen LogP contribution in [0.1, 0.15) is 11.1 Å². The topological polar surface area (TPSA) is 59.1 Å². The van der Waals surface area contributed by atoms with Crippen molar-refractivity contribution in [3.8, 4) is 39.4 Å². The summed E-state index contributed by atoms with van der Waals surface area (Å²) in [7, 11) is 0. The number of rotatable bonds is 2. The third-order valence-electron chi connectivity index (χ3n) is 5.46. The number of anilines is 1. The molecule has 3 aromatic carbocycles. The van der Waals surface area contributed by atoms with E-state index in [4.69, 9.17) is 10.7 Å². The van der Waals surface area contributed by atoms with Gasteiger partial charge in [-0.2, -0.15) is 0 Å². The number of phenols is 1. The van der Waals surface area contributed by atoms with Crippen LogP contribution in [0.3, 0.4) is 0 Å². The first-order valence-corrected chi connectivity index (χ1v) is 9.57. The second kappa shape index (κ2) is 6.74. The molecular formula is C25H19FN2O. The van der Waals surface area contributed by atoms with Gasteiger partial charge in [0.05, 0.1) is 11.4 Å². The second-order valence-electron chi connectivity index (χ2n) is 7.33. The van der Waals surface area contributed by atoms with Crippen molar-refractivity contribution in [1.82, 2.24) is 4.98 Å². The molecule has 0 atom stereocenters. The molecule has 3 N–H and O–H groups in total. The van der Waals surface area contributed by atoms with E-state index in [1.165, 1.54) is 6.07 Å². The number of nitrogen functional groups attached to an aromatic ring is 1. The second-order valence-corrected chi connectivity index (χ2v) is 7.33. The maximum absolute atomic E-state index is 14.7. The van der Waals surface area contributed by atoms with Gasteiger partial charge in [0, 0.05) is 22.4 Å². The lowest BCUT2D eigenvalue weighted by Crippen LogP contribution is -2.09. The molecule has 1 heterocycles. The zero-order valence-corrected chi connectivity index (χ0v) is 15.7. The van der Waals surface area contributed by atoms with Gasteiger partial charge in [-0.05, 0) is 65.9 Å². The van der Waals surface area contributed by atoms with Crippen LogP contribution in [0.4, 0.5) is 10.1 Å². The van der Waals surface area contributed by atoms with E-state index in [0.29, 0.717) is 11.3 Å². The monoisotopic (exact) mass is 382 g/mol. The molecule has 1 aliphatic rings. The maximum Gasteiger partial charge on any atom is 0.131 e. The number of pyridine rings is 1. The number of fused-ring (bicyclic) bond motifs is 3. The van der Waals surface area contributed by atoms with Crippen molar-refractivity contribution in [3.05, 3.63) is 89.7 Å². The Balaban J connectivity index is 1.82. The van der Waals surface area contributed by atoms with Gasteiger partial charge >= 0.3 is 0 Å². The SMILES string of the molecule is Nc1ccc2c(c1)CCc1c(-c3ccccc3F)cc(-c3cccc(O)c3)nc1-2. The smallest absolute Gasteiger partial charge is 0.131 e. The van der Waals surface area contributed by atoms with Crippen LogP contribution in [0, 0.1) is 5.82 Å². The number of aromatic hydroxyl groups is 1. The molecule has 1 aromatic heterocycles. The van der Waals surface area contributed by atoms with Crippen molar-refractivity contribution >= 4 is 5.69 Å². The van der Waals surface area contributed by atoms with Gasteiger partial charge in [0.25, 0.3) is 0 Å². The summed E-state index contributed by atoms with van der Waals surface area (Å²) in [6.07, 6.45) is 1.60. The van der Waals surface area contributed by atoms with Gasteiger partial charge in [0.2, 0.25) is 0 Å². The molecule has 0 saturated heterocycles. The molecule has 0 amide bonds. The molecule has 29 heavy (non-hydrogen) atoms. The Morgan fingerprint density at radius 1 is 0.828 bits per heavy atom. The van der Waals surface area contributed by atoms with Gasteiger partial charge < -0.3 is 10.8 Å². The van der Waals surface area contributed by atoms with Crippen molar-refractivity contribution < 1.29 is 9.50 Å². The first kappa shape index (κ1) is 17.4. The van der Waals surface area contributed by atoms with Gasteiger partial charge in [-0.25, -0.2) is 9.37 Å². The van der Waals surface area contributed by atoms with Gasteiger partial charge in [0.1, 0.15) is 11.6 Å². The van der Waals surface area contributed by atoms with Crippen LogP contribution in [0.5, 0.6) is 5.75 Å². The largest absolute Gasteiger partial charge is 0.508 e. The summed E-state index contributed by atoms with van der Waals surface area (Å²) >= 11 is 0. The van der Waals surface area contributed by atoms with Gasteiger partial charge in [-0.1, -0.05) is 36.4 Å². The lowest BCUT2D eigenvalue weighted by Gasteiger charge is -2.23. The number of aryl methyl sites for hydroxylation is 1. The van der Waals surface area contributed by atoms with Crippen LogP contribution < -0.4 is 5.73 Å². The van der Waals surface area contributed by atoms with Crippen molar-refractivity contribution in [2.75, 3.05) is 5.73 Å². The summed E-state index contributed by atoms with van der Waals surface area (Å²) in [5.74, 6) is -0.0894. The molecule has 142 valence electrons. The Labute approximate surface area is 168 Å². The number of hydrogen-bond acceptors (Lipinski definition) is 3. The summed E-state index contributed by atoms with van der Waals surface area (Å²) in [5.41, 5.74) is 13.7. The van der Waals surface area contributed by atoms with Crippen LogP contribution in [-0.2, 0) is 12.8 Å². The van der Waals surface area contributed by atoms with Crippen LogP contribution in [0.25, 0.3) is 33.6 Å². The fourth-order valence-corrected chi connectivity index (χ4v) is 4.09. The Kier molecular flexibility index (Phi) is 4.06. The lowest BCUT2D eigenvalue weighted by atomic mass is 9.84. The van der Waals surface area contributed by atoms with Crippen LogP contribution >= 0.6 is 0 Å². The predicted octanol–water partition coefficient (Wildman–Crippen LogP) is 5.61. The molecule has 0 bridgehead atoms. The van der Waals surface area contributed by atoms with E-state index in [1.807, 2.05) is 36.4 Å². The summed E-state index contributed by atoms with van der Waals surface area (Å²) in [6.45, 7) is 0. The Bertz CT molecular complexity index is 1250. The highest BCUT2D eigenvalue weighted by Crippen LogP contribution is 2.41. The highest BCUT2D eigenvalue weighted by atomic mass is 19.1.